The van der Waals surface area contributed by atoms with Gasteiger partial charge in [-0.2, -0.15) is 0 Å². The molecule has 0 aromatic heterocycles. The molecule has 1 saturated heterocycles. The van der Waals surface area contributed by atoms with Crippen molar-refractivity contribution in [2.24, 2.45) is 5.92 Å². The van der Waals surface area contributed by atoms with Crippen LogP contribution in [0.5, 0.6) is 5.75 Å². The smallest absolute Gasteiger partial charge is 0.264 e. The molecule has 12 heteroatoms. The fraction of sp³-hybridized carbons (Fsp3) is 0.474. The lowest BCUT2D eigenvalue weighted by Crippen LogP contribution is -2.49. The molecule has 1 fully saturated rings. The Hall–Kier alpha value is -3.32. The van der Waals surface area contributed by atoms with E-state index in [-0.39, 0.29) is 38.0 Å². The minimum absolute atomic E-state index is 0.0915. The van der Waals surface area contributed by atoms with E-state index in [2.05, 4.69) is 5.32 Å². The second kappa shape index (κ2) is 14.7. The van der Waals surface area contributed by atoms with Gasteiger partial charge in [-0.3, -0.25) is 14.5 Å². The minimum Gasteiger partial charge on any atom is -0.494 e. The average Bonchev–Trinajstić information content (AvgIpc) is 3.49. The van der Waals surface area contributed by atoms with Crippen molar-refractivity contribution in [3.8, 4) is 5.75 Å². The number of halogens is 2. The van der Waals surface area contributed by atoms with Crippen LogP contribution in [0.3, 0.4) is 0 Å². The number of benzene rings is 3. The number of ether oxygens (including phenoxy) is 2. The summed E-state index contributed by atoms with van der Waals surface area (Å²) in [5.74, 6) is -0.130. The van der Waals surface area contributed by atoms with Gasteiger partial charge in [0.15, 0.2) is 5.60 Å². The Morgan fingerprint density at radius 3 is 2.56 bits per heavy atom. The molecule has 1 spiro atoms. The highest BCUT2D eigenvalue weighted by Crippen LogP contribution is 2.60. The molecule has 1 unspecified atom stereocenters. The lowest BCUT2D eigenvalue weighted by molar-refractivity contribution is -0.146. The van der Waals surface area contributed by atoms with Crippen LogP contribution in [0.4, 0.5) is 21.2 Å². The number of carbonyl (C=O) groups is 2. The van der Waals surface area contributed by atoms with Gasteiger partial charge in [-0.1, -0.05) is 30.7 Å². The van der Waals surface area contributed by atoms with Crippen molar-refractivity contribution in [2.75, 3.05) is 36.2 Å². The van der Waals surface area contributed by atoms with E-state index in [0.717, 1.165) is 29.0 Å². The highest BCUT2D eigenvalue weighted by Gasteiger charge is 2.66. The lowest BCUT2D eigenvalue weighted by atomic mass is 9.82. The molecule has 3 aliphatic rings. The van der Waals surface area contributed by atoms with Gasteiger partial charge in [0.1, 0.15) is 5.75 Å². The third kappa shape index (κ3) is 6.60. The maximum atomic E-state index is 15.9. The van der Waals surface area contributed by atoms with Crippen molar-refractivity contribution in [1.82, 2.24) is 5.32 Å². The molecule has 5 atom stereocenters. The first kappa shape index (κ1) is 36.5. The molecular formula is C38H47ClFN3O6Si. The highest BCUT2D eigenvalue weighted by molar-refractivity contribution is 6.72. The fourth-order valence-corrected chi connectivity index (χ4v) is 11.0. The van der Waals surface area contributed by atoms with E-state index in [1.165, 1.54) is 0 Å². The van der Waals surface area contributed by atoms with Crippen LogP contribution in [-0.4, -0.2) is 68.9 Å². The van der Waals surface area contributed by atoms with E-state index in [9.17, 15) is 19.8 Å². The van der Waals surface area contributed by atoms with Gasteiger partial charge in [-0.25, -0.2) is 0 Å². The third-order valence-electron chi connectivity index (χ3n) is 10.4. The van der Waals surface area contributed by atoms with Gasteiger partial charge in [0.2, 0.25) is 14.3 Å². The van der Waals surface area contributed by atoms with E-state index in [0.29, 0.717) is 48.0 Å². The normalized spacial score (nSPS) is 24.6. The Morgan fingerprint density at radius 2 is 1.84 bits per heavy atom. The van der Waals surface area contributed by atoms with Crippen molar-refractivity contribution in [1.29, 1.82) is 0 Å². The molecule has 0 radical (unpaired) electrons. The number of aliphatic hydroxyl groups is 2. The second-order valence-electron chi connectivity index (χ2n) is 14.0. The largest absolute Gasteiger partial charge is 0.494 e. The highest BCUT2D eigenvalue weighted by atomic mass is 35.5. The van der Waals surface area contributed by atoms with Gasteiger partial charge in [0, 0.05) is 40.9 Å². The van der Waals surface area contributed by atoms with Crippen molar-refractivity contribution in [3.05, 3.63) is 82.4 Å². The quantitative estimate of drug-likeness (QED) is 0.106. The van der Waals surface area contributed by atoms with Crippen LogP contribution < -0.4 is 19.9 Å². The van der Waals surface area contributed by atoms with Gasteiger partial charge < -0.3 is 34.0 Å². The molecule has 3 aliphatic heterocycles. The van der Waals surface area contributed by atoms with Crippen molar-refractivity contribution < 1.29 is 33.4 Å². The number of carbonyl (C=O) groups excluding carboxylic acids is 2. The average molecular weight is 724 g/mol. The molecule has 50 heavy (non-hydrogen) atoms. The zero-order chi connectivity index (χ0) is 35.8. The summed E-state index contributed by atoms with van der Waals surface area (Å²) in [6.45, 7) is 8.31. The first-order valence-electron chi connectivity index (χ1n) is 17.6. The summed E-state index contributed by atoms with van der Waals surface area (Å²) >= 11 is 6.51. The van der Waals surface area contributed by atoms with Crippen molar-refractivity contribution >= 4 is 48.9 Å². The van der Waals surface area contributed by atoms with Crippen LogP contribution >= 0.6 is 11.6 Å². The number of unbranched alkanes of at least 4 members (excludes halogenated alkanes) is 1. The number of hydrogen-bond donors (Lipinski definition) is 3. The number of fused-ring (bicyclic) bond motifs is 3. The monoisotopic (exact) mass is 723 g/mol. The van der Waals surface area contributed by atoms with Crippen LogP contribution in [0.1, 0.15) is 49.8 Å². The minimum atomic E-state index is -3.33. The molecule has 2 amide bonds. The van der Waals surface area contributed by atoms with E-state index in [4.69, 9.17) is 21.1 Å². The maximum Gasteiger partial charge on any atom is 0.264 e. The Labute approximate surface area is 299 Å². The Kier molecular flexibility index (Phi) is 10.7. The number of aliphatic hydroxyl groups excluding tert-OH is 2. The molecule has 0 aliphatic carbocycles. The van der Waals surface area contributed by atoms with Gasteiger partial charge in [-0.15, -0.1) is 0 Å². The van der Waals surface area contributed by atoms with Crippen LogP contribution in [0, 0.1) is 5.92 Å². The van der Waals surface area contributed by atoms with Crippen molar-refractivity contribution in [3.63, 3.8) is 0 Å². The predicted octanol–water partition coefficient (Wildman–Crippen LogP) is 6.39. The van der Waals surface area contributed by atoms with E-state index < -0.39 is 37.6 Å². The van der Waals surface area contributed by atoms with E-state index in [1.54, 1.807) is 35.0 Å². The fourth-order valence-electron chi connectivity index (χ4n) is 8.27. The van der Waals surface area contributed by atoms with Crippen LogP contribution in [0.25, 0.3) is 0 Å². The Bertz CT molecular complexity index is 1740. The Morgan fingerprint density at radius 1 is 1.06 bits per heavy atom. The molecule has 0 saturated carbocycles. The number of amides is 2. The molecule has 3 heterocycles. The number of hydrogen-bond acceptors (Lipinski definition) is 7. The van der Waals surface area contributed by atoms with Gasteiger partial charge in [0.25, 0.3) is 5.91 Å². The number of nitrogens with zero attached hydrogens (tertiary/aromatic N) is 2. The van der Waals surface area contributed by atoms with Gasteiger partial charge in [-0.05, 0) is 112 Å². The Balaban J connectivity index is 1.35. The molecule has 3 N–H and O–H groups in total. The zero-order valence-corrected chi connectivity index (χ0v) is 30.9. The second-order valence-corrected chi connectivity index (χ2v) is 18.3. The van der Waals surface area contributed by atoms with E-state index in [1.807, 2.05) is 62.4 Å². The summed E-state index contributed by atoms with van der Waals surface area (Å²) < 4.78 is 28.3. The summed E-state index contributed by atoms with van der Waals surface area (Å²) in [7, 11) is -3.33. The van der Waals surface area contributed by atoms with Gasteiger partial charge in [0.05, 0.1) is 36.7 Å². The van der Waals surface area contributed by atoms with Gasteiger partial charge >= 0.3 is 0 Å². The van der Waals surface area contributed by atoms with Crippen LogP contribution in [-0.2, 0) is 32.9 Å². The molecule has 9 nitrogen and oxygen atoms in total. The molecule has 3 aromatic rings. The first-order valence-corrected chi connectivity index (χ1v) is 20.9. The summed E-state index contributed by atoms with van der Waals surface area (Å²) in [4.78, 5) is 32.2. The molecular weight excluding hydrogens is 677 g/mol. The van der Waals surface area contributed by atoms with Crippen LogP contribution in [0.15, 0.2) is 60.7 Å². The lowest BCUT2D eigenvalue weighted by Gasteiger charge is -2.35. The SMILES string of the molecule is CCOc1ccc2c(c1)CC(NCCCCO)C(=O)N2c1cccc(CN2C(=O)[C@]3(O[C@H](CCO)[C@@H]([Si](C)(C)F)[C@@H]3C)c3cc(Cl)ccc32)c1. The topological polar surface area (TPSA) is 112 Å². The number of nitrogens with one attached hydrogen (secondary N) is 1. The molecule has 6 rings (SSSR count). The summed E-state index contributed by atoms with van der Waals surface area (Å²) in [5.41, 5.74) is 2.52. The maximum absolute atomic E-state index is 15.9. The predicted molar refractivity (Wildman–Crippen MR) is 195 cm³/mol. The summed E-state index contributed by atoms with van der Waals surface area (Å²) in [5, 5.41) is 22.9. The number of anilines is 3. The molecule has 3 aromatic carbocycles. The van der Waals surface area contributed by atoms with E-state index >= 15 is 4.11 Å². The standard InChI is InChI=1S/C38H47ClFN3O6Si/c1-5-48-29-12-14-32-26(20-29)21-31(41-16-6-7-17-44)36(46)43(32)28-10-8-9-25(19-28)23-42-33-13-11-27(39)22-30(33)38(37(42)47)24(2)35(50(3,4)40)34(49-38)15-18-45/h8-14,19-20,22,24,31,34-35,41,44-45H,5-7,15-18,21,23H2,1-4H3/t24-,31?,34+,35-,38+/m0/s1. The van der Waals surface area contributed by atoms with Crippen molar-refractivity contribution in [2.45, 2.75) is 82.5 Å². The first-order chi connectivity index (χ1) is 23.9. The molecule has 268 valence electrons. The summed E-state index contributed by atoms with van der Waals surface area (Å²) in [6.07, 6.45) is 1.52. The zero-order valence-electron chi connectivity index (χ0n) is 29.1. The summed E-state index contributed by atoms with van der Waals surface area (Å²) in [6, 6.07) is 18.2. The number of rotatable bonds is 13. The molecule has 0 bridgehead atoms. The van der Waals surface area contributed by atoms with Crippen LogP contribution in [0.2, 0.25) is 23.7 Å². The third-order valence-corrected chi connectivity index (χ3v) is 13.1.